The van der Waals surface area contributed by atoms with E-state index in [-0.39, 0.29) is 12.1 Å². The highest BCUT2D eigenvalue weighted by atomic mass is 32.1. The van der Waals surface area contributed by atoms with Crippen LogP contribution in [0.5, 0.6) is 5.75 Å². The molecule has 0 unspecified atom stereocenters. The SMILES string of the molecule is COc1ccc([N+](=O)[O-])cc1-c1cn2cc(CC(=O)O)sc2n1. The topological polar surface area (TPSA) is 107 Å². The molecule has 0 aliphatic carbocycles. The Morgan fingerprint density at radius 3 is 2.87 bits per heavy atom. The Morgan fingerprint density at radius 2 is 2.26 bits per heavy atom. The molecule has 0 aliphatic heterocycles. The smallest absolute Gasteiger partial charge is 0.308 e. The fourth-order valence-corrected chi connectivity index (χ4v) is 3.16. The molecule has 2 heterocycles. The number of nitro groups is 1. The number of nitro benzene ring substituents is 1. The van der Waals surface area contributed by atoms with Crippen LogP contribution in [0.25, 0.3) is 16.2 Å². The number of benzene rings is 1. The number of imidazole rings is 1. The summed E-state index contributed by atoms with van der Waals surface area (Å²) in [5.74, 6) is -0.429. The third-order valence-electron chi connectivity index (χ3n) is 3.20. The summed E-state index contributed by atoms with van der Waals surface area (Å²) in [4.78, 5) is 26.9. The number of carboxylic acid groups (broad SMARTS) is 1. The molecule has 0 amide bonds. The van der Waals surface area contributed by atoms with Crippen molar-refractivity contribution in [3.63, 3.8) is 0 Å². The summed E-state index contributed by atoms with van der Waals surface area (Å²) in [6, 6.07) is 4.30. The van der Waals surface area contributed by atoms with Crippen molar-refractivity contribution in [2.75, 3.05) is 7.11 Å². The van der Waals surface area contributed by atoms with Gasteiger partial charge in [0.05, 0.1) is 29.7 Å². The molecule has 118 valence electrons. The van der Waals surface area contributed by atoms with Crippen LogP contribution in [0.3, 0.4) is 0 Å². The number of methoxy groups -OCH3 is 1. The van der Waals surface area contributed by atoms with Crippen molar-refractivity contribution in [2.24, 2.45) is 0 Å². The van der Waals surface area contributed by atoms with Crippen molar-refractivity contribution in [1.29, 1.82) is 0 Å². The molecule has 0 aliphatic rings. The Kier molecular flexibility index (Phi) is 3.70. The van der Waals surface area contributed by atoms with Gasteiger partial charge < -0.3 is 9.84 Å². The maximum atomic E-state index is 10.9. The Hall–Kier alpha value is -2.94. The first-order valence-corrected chi connectivity index (χ1v) is 7.31. The van der Waals surface area contributed by atoms with Gasteiger partial charge in [-0.05, 0) is 6.07 Å². The highest BCUT2D eigenvalue weighted by Gasteiger charge is 2.17. The minimum atomic E-state index is -0.907. The summed E-state index contributed by atoms with van der Waals surface area (Å²) in [6.45, 7) is 0. The van der Waals surface area contributed by atoms with Crippen molar-refractivity contribution in [1.82, 2.24) is 9.38 Å². The second-order valence-corrected chi connectivity index (χ2v) is 5.82. The zero-order valence-corrected chi connectivity index (χ0v) is 12.7. The van der Waals surface area contributed by atoms with Gasteiger partial charge in [-0.2, -0.15) is 0 Å². The van der Waals surface area contributed by atoms with Gasteiger partial charge in [0.15, 0.2) is 4.96 Å². The Balaban J connectivity index is 2.05. The standard InChI is InChI=1S/C14H11N3O5S/c1-22-12-3-2-8(17(20)21)4-10(12)11-7-16-6-9(5-13(18)19)23-14(16)15-11/h2-4,6-7H,5H2,1H3,(H,18,19). The normalized spacial score (nSPS) is 10.8. The van der Waals surface area contributed by atoms with Gasteiger partial charge in [0.1, 0.15) is 5.75 Å². The third kappa shape index (κ3) is 2.86. The van der Waals surface area contributed by atoms with E-state index in [2.05, 4.69) is 4.98 Å². The molecule has 0 saturated carbocycles. The molecule has 1 aromatic carbocycles. The first-order chi connectivity index (χ1) is 11.0. The van der Waals surface area contributed by atoms with Gasteiger partial charge >= 0.3 is 5.97 Å². The number of ether oxygens (including phenoxy) is 1. The fourth-order valence-electron chi connectivity index (χ4n) is 2.21. The Morgan fingerprint density at radius 1 is 1.48 bits per heavy atom. The number of rotatable bonds is 5. The number of carboxylic acids is 1. The number of aliphatic carboxylic acids is 1. The second-order valence-electron chi connectivity index (χ2n) is 4.73. The lowest BCUT2D eigenvalue weighted by molar-refractivity contribution is -0.384. The van der Waals surface area contributed by atoms with Gasteiger partial charge in [-0.15, -0.1) is 11.3 Å². The number of non-ortho nitro benzene ring substituents is 1. The molecule has 0 fully saturated rings. The predicted octanol–water partition coefficient (Wildman–Crippen LogP) is 2.61. The molecule has 1 N–H and O–H groups in total. The van der Waals surface area contributed by atoms with Crippen LogP contribution in [-0.2, 0) is 11.2 Å². The number of thiazole rings is 1. The molecule has 8 nitrogen and oxygen atoms in total. The molecule has 0 saturated heterocycles. The van der Waals surface area contributed by atoms with E-state index in [1.54, 1.807) is 16.8 Å². The lowest BCUT2D eigenvalue weighted by Crippen LogP contribution is -1.97. The molecular weight excluding hydrogens is 322 g/mol. The number of nitrogens with zero attached hydrogens (tertiary/aromatic N) is 3. The van der Waals surface area contributed by atoms with Crippen LogP contribution in [0.2, 0.25) is 0 Å². The quantitative estimate of drug-likeness (QED) is 0.568. The van der Waals surface area contributed by atoms with E-state index in [1.165, 1.54) is 36.6 Å². The number of aromatic nitrogens is 2. The first-order valence-electron chi connectivity index (χ1n) is 6.50. The average Bonchev–Trinajstić information content (AvgIpc) is 3.03. The Labute approximate surface area is 133 Å². The maximum absolute atomic E-state index is 10.9. The molecule has 2 aromatic heterocycles. The average molecular weight is 333 g/mol. The fraction of sp³-hybridized carbons (Fsp3) is 0.143. The van der Waals surface area contributed by atoms with E-state index in [0.29, 0.717) is 26.8 Å². The summed E-state index contributed by atoms with van der Waals surface area (Å²) >= 11 is 1.26. The molecule has 23 heavy (non-hydrogen) atoms. The molecule has 3 aromatic rings. The van der Waals surface area contributed by atoms with E-state index >= 15 is 0 Å². The predicted molar refractivity (Wildman–Crippen MR) is 83.1 cm³/mol. The number of hydrogen-bond donors (Lipinski definition) is 1. The van der Waals surface area contributed by atoms with Crippen LogP contribution in [0.4, 0.5) is 5.69 Å². The van der Waals surface area contributed by atoms with Gasteiger partial charge in [-0.1, -0.05) is 0 Å². The van der Waals surface area contributed by atoms with Crippen molar-refractivity contribution < 1.29 is 19.6 Å². The number of carbonyl (C=O) groups is 1. The third-order valence-corrected chi connectivity index (χ3v) is 4.20. The van der Waals surface area contributed by atoms with E-state index < -0.39 is 10.9 Å². The summed E-state index contributed by atoms with van der Waals surface area (Å²) in [5, 5.41) is 19.7. The lowest BCUT2D eigenvalue weighted by atomic mass is 10.1. The van der Waals surface area contributed by atoms with Gasteiger partial charge in [0.25, 0.3) is 5.69 Å². The van der Waals surface area contributed by atoms with Crippen LogP contribution in [0.1, 0.15) is 4.88 Å². The van der Waals surface area contributed by atoms with Gasteiger partial charge in [0.2, 0.25) is 0 Å². The summed E-state index contributed by atoms with van der Waals surface area (Å²) in [7, 11) is 1.48. The van der Waals surface area contributed by atoms with E-state index in [9.17, 15) is 14.9 Å². The van der Waals surface area contributed by atoms with Crippen LogP contribution >= 0.6 is 11.3 Å². The lowest BCUT2D eigenvalue weighted by Gasteiger charge is -2.05. The molecule has 0 bridgehead atoms. The highest BCUT2D eigenvalue weighted by Crippen LogP contribution is 2.33. The molecule has 3 rings (SSSR count). The van der Waals surface area contributed by atoms with Gasteiger partial charge in [-0.3, -0.25) is 19.3 Å². The van der Waals surface area contributed by atoms with Crippen molar-refractivity contribution in [3.8, 4) is 17.0 Å². The largest absolute Gasteiger partial charge is 0.496 e. The van der Waals surface area contributed by atoms with E-state index in [4.69, 9.17) is 9.84 Å². The molecular formula is C14H11N3O5S. The van der Waals surface area contributed by atoms with Crippen molar-refractivity contribution in [2.45, 2.75) is 6.42 Å². The zero-order valence-electron chi connectivity index (χ0n) is 11.9. The van der Waals surface area contributed by atoms with E-state index in [1.807, 2.05) is 0 Å². The first kappa shape index (κ1) is 15.0. The number of hydrogen-bond acceptors (Lipinski definition) is 6. The van der Waals surface area contributed by atoms with E-state index in [0.717, 1.165) is 0 Å². The molecule has 9 heteroatoms. The van der Waals surface area contributed by atoms with Crippen LogP contribution in [-0.4, -0.2) is 32.5 Å². The summed E-state index contributed by atoms with van der Waals surface area (Å²) < 4.78 is 6.94. The monoisotopic (exact) mass is 333 g/mol. The van der Waals surface area contributed by atoms with Crippen molar-refractivity contribution >= 4 is 28.0 Å². The molecule has 0 radical (unpaired) electrons. The van der Waals surface area contributed by atoms with Gasteiger partial charge in [-0.25, -0.2) is 4.98 Å². The van der Waals surface area contributed by atoms with Crippen LogP contribution in [0.15, 0.2) is 30.6 Å². The van der Waals surface area contributed by atoms with Crippen LogP contribution < -0.4 is 4.74 Å². The summed E-state index contributed by atoms with van der Waals surface area (Å²) in [5.41, 5.74) is 0.986. The zero-order chi connectivity index (χ0) is 16.6. The number of fused-ring (bicyclic) bond motifs is 1. The molecule has 0 atom stereocenters. The second kappa shape index (κ2) is 5.69. The van der Waals surface area contributed by atoms with Crippen molar-refractivity contribution in [3.05, 3.63) is 45.6 Å². The maximum Gasteiger partial charge on any atom is 0.308 e. The highest BCUT2D eigenvalue weighted by molar-refractivity contribution is 7.17. The summed E-state index contributed by atoms with van der Waals surface area (Å²) in [6.07, 6.45) is 3.32. The van der Waals surface area contributed by atoms with Crippen LogP contribution in [0, 0.1) is 10.1 Å². The minimum Gasteiger partial charge on any atom is -0.496 e. The van der Waals surface area contributed by atoms with Gasteiger partial charge in [0, 0.05) is 29.4 Å². The minimum absolute atomic E-state index is 0.0521. The Bertz CT molecular complexity index is 883. The molecule has 0 spiro atoms.